The average molecular weight is 440 g/mol. The maximum atomic E-state index is 13.2. The third kappa shape index (κ3) is 4.52. The monoisotopic (exact) mass is 439 g/mol. The molecule has 3 aromatic rings. The molecule has 31 heavy (non-hydrogen) atoms. The van der Waals surface area contributed by atoms with E-state index in [1.807, 2.05) is 18.2 Å². The van der Waals surface area contributed by atoms with Crippen molar-refractivity contribution >= 4 is 15.8 Å². The van der Waals surface area contributed by atoms with Crippen LogP contribution in [0.4, 0.5) is 5.82 Å². The predicted molar refractivity (Wildman–Crippen MR) is 119 cm³/mol. The van der Waals surface area contributed by atoms with E-state index in [1.165, 1.54) is 0 Å². The first-order chi connectivity index (χ1) is 15.0. The van der Waals surface area contributed by atoms with Crippen LogP contribution in [0.2, 0.25) is 0 Å². The maximum Gasteiger partial charge on any atom is 0.243 e. The van der Waals surface area contributed by atoms with Gasteiger partial charge in [0, 0.05) is 50.1 Å². The molecule has 3 heterocycles. The highest BCUT2D eigenvalue weighted by Crippen LogP contribution is 2.31. The number of nitrogens with one attached hydrogen (secondary N) is 1. The van der Waals surface area contributed by atoms with Gasteiger partial charge in [0.25, 0.3) is 0 Å². The molecule has 0 radical (unpaired) electrons. The van der Waals surface area contributed by atoms with E-state index in [4.69, 9.17) is 9.72 Å². The van der Waals surface area contributed by atoms with E-state index in [0.29, 0.717) is 30.5 Å². The number of nitrogens with zero attached hydrogens (tertiary/aromatic N) is 4. The Bertz CT molecular complexity index is 1140. The number of ether oxygens (including phenoxy) is 1. The highest BCUT2D eigenvalue weighted by Gasteiger charge is 2.32. The van der Waals surface area contributed by atoms with E-state index in [9.17, 15) is 8.42 Å². The van der Waals surface area contributed by atoms with Crippen molar-refractivity contribution in [1.29, 1.82) is 0 Å². The van der Waals surface area contributed by atoms with Crippen LogP contribution in [0, 0.1) is 0 Å². The lowest BCUT2D eigenvalue weighted by atomic mass is 9.95. The van der Waals surface area contributed by atoms with Gasteiger partial charge in [0.2, 0.25) is 10.0 Å². The number of piperidine rings is 1. The number of aromatic nitrogens is 3. The van der Waals surface area contributed by atoms with Crippen LogP contribution in [0.25, 0.3) is 11.4 Å². The van der Waals surface area contributed by atoms with Crippen molar-refractivity contribution in [2.45, 2.75) is 23.7 Å². The summed E-state index contributed by atoms with van der Waals surface area (Å²) in [5, 5.41) is 3.08. The summed E-state index contributed by atoms with van der Waals surface area (Å²) in [6.07, 6.45) is 5.05. The molecule has 162 valence electrons. The van der Waals surface area contributed by atoms with Crippen molar-refractivity contribution in [2.24, 2.45) is 0 Å². The van der Waals surface area contributed by atoms with E-state index in [1.54, 1.807) is 55.1 Å². The highest BCUT2D eigenvalue weighted by molar-refractivity contribution is 7.89. The minimum atomic E-state index is -3.60. The van der Waals surface area contributed by atoms with E-state index >= 15 is 0 Å². The van der Waals surface area contributed by atoms with Crippen LogP contribution in [-0.2, 0) is 10.0 Å². The first-order valence-corrected chi connectivity index (χ1v) is 11.6. The SMILES string of the molecule is CNc1cc(C2CCCN(S(=O)(=O)c3ccc(OC)cc3)C2)nc(-c2cccnc2)n1. The summed E-state index contributed by atoms with van der Waals surface area (Å²) in [4.78, 5) is 13.7. The number of hydrogen-bond acceptors (Lipinski definition) is 7. The summed E-state index contributed by atoms with van der Waals surface area (Å²) in [5.74, 6) is 1.87. The molecule has 9 heteroatoms. The van der Waals surface area contributed by atoms with Gasteiger partial charge in [-0.3, -0.25) is 4.98 Å². The second-order valence-electron chi connectivity index (χ2n) is 7.37. The number of benzene rings is 1. The molecule has 0 spiro atoms. The van der Waals surface area contributed by atoms with E-state index in [0.717, 1.165) is 24.1 Å². The summed E-state index contributed by atoms with van der Waals surface area (Å²) in [6, 6.07) is 12.1. The summed E-state index contributed by atoms with van der Waals surface area (Å²) >= 11 is 0. The number of hydrogen-bond donors (Lipinski definition) is 1. The van der Waals surface area contributed by atoms with Crippen molar-refractivity contribution in [1.82, 2.24) is 19.3 Å². The lowest BCUT2D eigenvalue weighted by Gasteiger charge is -2.32. The molecule has 1 atom stereocenters. The summed E-state index contributed by atoms with van der Waals surface area (Å²) in [7, 11) is -0.236. The van der Waals surface area contributed by atoms with Crippen LogP contribution in [0.5, 0.6) is 5.75 Å². The van der Waals surface area contributed by atoms with Gasteiger partial charge in [-0.05, 0) is 49.2 Å². The Hall–Kier alpha value is -3.04. The maximum absolute atomic E-state index is 13.2. The number of anilines is 1. The van der Waals surface area contributed by atoms with Crippen molar-refractivity contribution in [3.8, 4) is 17.1 Å². The van der Waals surface area contributed by atoms with Crippen LogP contribution >= 0.6 is 0 Å². The molecule has 1 saturated heterocycles. The molecule has 1 unspecified atom stereocenters. The van der Waals surface area contributed by atoms with E-state index in [2.05, 4.69) is 15.3 Å². The Morgan fingerprint density at radius 2 is 1.97 bits per heavy atom. The fourth-order valence-electron chi connectivity index (χ4n) is 3.73. The van der Waals surface area contributed by atoms with Crippen molar-refractivity contribution in [3.63, 3.8) is 0 Å². The lowest BCUT2D eigenvalue weighted by molar-refractivity contribution is 0.312. The standard InChI is InChI=1S/C22H25N5O3S/c1-23-21-13-20(25-22(26-21)16-5-3-11-24-14-16)17-6-4-12-27(15-17)31(28,29)19-9-7-18(30-2)8-10-19/h3,5,7-11,13-14,17H,4,6,12,15H2,1-2H3,(H,23,25,26). The average Bonchev–Trinajstić information content (AvgIpc) is 2.84. The summed E-state index contributed by atoms with van der Waals surface area (Å²) in [6.45, 7) is 0.866. The zero-order valence-electron chi connectivity index (χ0n) is 17.5. The molecule has 2 aromatic heterocycles. The Kier molecular flexibility index (Phi) is 6.15. The minimum Gasteiger partial charge on any atom is -0.497 e. The Labute approximate surface area is 182 Å². The zero-order chi connectivity index (χ0) is 21.8. The fourth-order valence-corrected chi connectivity index (χ4v) is 5.25. The summed E-state index contributed by atoms with van der Waals surface area (Å²) in [5.41, 5.74) is 1.65. The molecule has 0 aliphatic carbocycles. The number of pyridine rings is 1. The molecule has 0 saturated carbocycles. The molecule has 4 rings (SSSR count). The molecule has 0 bridgehead atoms. The Morgan fingerprint density at radius 1 is 1.16 bits per heavy atom. The van der Waals surface area contributed by atoms with Gasteiger partial charge in [-0.2, -0.15) is 4.31 Å². The normalized spacial score (nSPS) is 17.3. The van der Waals surface area contributed by atoms with Gasteiger partial charge < -0.3 is 10.1 Å². The second kappa shape index (κ2) is 8.99. The van der Waals surface area contributed by atoms with Crippen LogP contribution in [-0.4, -0.2) is 54.9 Å². The molecule has 1 aliphatic rings. The van der Waals surface area contributed by atoms with E-state index in [-0.39, 0.29) is 10.8 Å². The zero-order valence-corrected chi connectivity index (χ0v) is 18.3. The molecular weight excluding hydrogens is 414 g/mol. The van der Waals surface area contributed by atoms with Gasteiger partial charge in [0.05, 0.1) is 17.7 Å². The number of sulfonamides is 1. The number of rotatable bonds is 6. The van der Waals surface area contributed by atoms with Gasteiger partial charge in [-0.15, -0.1) is 0 Å². The van der Waals surface area contributed by atoms with E-state index < -0.39 is 10.0 Å². The largest absolute Gasteiger partial charge is 0.497 e. The predicted octanol–water partition coefficient (Wildman–Crippen LogP) is 3.16. The smallest absolute Gasteiger partial charge is 0.243 e. The molecule has 1 aromatic carbocycles. The van der Waals surface area contributed by atoms with Crippen molar-refractivity contribution in [3.05, 3.63) is 60.6 Å². The molecule has 0 amide bonds. The molecule has 1 fully saturated rings. The van der Waals surface area contributed by atoms with Gasteiger partial charge in [-0.1, -0.05) is 0 Å². The van der Waals surface area contributed by atoms with Crippen LogP contribution in [0.15, 0.2) is 59.8 Å². The summed E-state index contributed by atoms with van der Waals surface area (Å²) < 4.78 is 33.1. The van der Waals surface area contributed by atoms with Crippen LogP contribution in [0.3, 0.4) is 0 Å². The van der Waals surface area contributed by atoms with Gasteiger partial charge in [0.15, 0.2) is 5.82 Å². The highest BCUT2D eigenvalue weighted by atomic mass is 32.2. The Balaban J connectivity index is 1.62. The first-order valence-electron chi connectivity index (χ1n) is 10.1. The Morgan fingerprint density at radius 3 is 2.65 bits per heavy atom. The molecule has 1 aliphatic heterocycles. The van der Waals surface area contributed by atoms with Crippen molar-refractivity contribution < 1.29 is 13.2 Å². The fraction of sp³-hybridized carbons (Fsp3) is 0.318. The topological polar surface area (TPSA) is 97.3 Å². The quantitative estimate of drug-likeness (QED) is 0.630. The first kappa shape index (κ1) is 21.2. The van der Waals surface area contributed by atoms with Crippen molar-refractivity contribution in [2.75, 3.05) is 32.6 Å². The van der Waals surface area contributed by atoms with Gasteiger partial charge in [0.1, 0.15) is 11.6 Å². The third-order valence-electron chi connectivity index (χ3n) is 5.42. The number of methoxy groups -OCH3 is 1. The molecule has 8 nitrogen and oxygen atoms in total. The lowest BCUT2D eigenvalue weighted by Crippen LogP contribution is -2.39. The minimum absolute atomic E-state index is 0.0210. The second-order valence-corrected chi connectivity index (χ2v) is 9.31. The third-order valence-corrected chi connectivity index (χ3v) is 7.30. The van der Waals surface area contributed by atoms with Crippen LogP contribution < -0.4 is 10.1 Å². The van der Waals surface area contributed by atoms with Gasteiger partial charge >= 0.3 is 0 Å². The van der Waals surface area contributed by atoms with Gasteiger partial charge in [-0.25, -0.2) is 18.4 Å². The molecular formula is C22H25N5O3S. The molecule has 1 N–H and O–H groups in total. The van der Waals surface area contributed by atoms with Crippen LogP contribution in [0.1, 0.15) is 24.5 Å².